The zero-order valence-electron chi connectivity index (χ0n) is 12.7. The summed E-state index contributed by atoms with van der Waals surface area (Å²) in [5, 5.41) is -0.135. The molecule has 0 atom stereocenters. The summed E-state index contributed by atoms with van der Waals surface area (Å²) in [4.78, 5) is 23.1. The molecule has 0 spiro atoms. The zero-order valence-corrected chi connectivity index (χ0v) is 13.5. The summed E-state index contributed by atoms with van der Waals surface area (Å²) in [5.74, 6) is -1.79. The molecule has 6 nitrogen and oxygen atoms in total. The van der Waals surface area contributed by atoms with Crippen molar-refractivity contribution in [1.82, 2.24) is 10.9 Å². The second-order valence-electron chi connectivity index (χ2n) is 4.70. The monoisotopic (exact) mass is 370 g/mol. The average molecular weight is 371 g/mol. The van der Waals surface area contributed by atoms with Gasteiger partial charge < -0.3 is 9.47 Å². The summed E-state index contributed by atoms with van der Waals surface area (Å²) in [6, 6.07) is 8.74. The van der Waals surface area contributed by atoms with E-state index in [9.17, 15) is 18.4 Å². The molecule has 0 saturated carbocycles. The van der Waals surface area contributed by atoms with Gasteiger partial charge in [-0.2, -0.15) is 0 Å². The van der Waals surface area contributed by atoms with Gasteiger partial charge in [0.25, 0.3) is 11.8 Å². The van der Waals surface area contributed by atoms with Crippen LogP contribution in [-0.2, 0) is 9.59 Å². The summed E-state index contributed by atoms with van der Waals surface area (Å²) >= 11 is 5.58. The van der Waals surface area contributed by atoms with Crippen LogP contribution >= 0.6 is 11.6 Å². The van der Waals surface area contributed by atoms with Crippen LogP contribution in [-0.4, -0.2) is 25.0 Å². The fourth-order valence-electron chi connectivity index (χ4n) is 1.61. The molecule has 2 aromatic carbocycles. The predicted molar refractivity (Wildman–Crippen MR) is 85.1 cm³/mol. The molecule has 0 aliphatic heterocycles. The van der Waals surface area contributed by atoms with Crippen LogP contribution < -0.4 is 20.3 Å². The van der Waals surface area contributed by atoms with Crippen LogP contribution in [0.4, 0.5) is 8.78 Å². The Morgan fingerprint density at radius 2 is 1.40 bits per heavy atom. The van der Waals surface area contributed by atoms with Crippen molar-refractivity contribution in [2.24, 2.45) is 0 Å². The SMILES string of the molecule is O=C(COc1ccc(F)cc1)NNC(=O)COc1ccc(F)c(Cl)c1. The molecule has 9 heteroatoms. The minimum atomic E-state index is -0.643. The average Bonchev–Trinajstić information content (AvgIpc) is 2.60. The molecule has 0 radical (unpaired) electrons. The first-order valence-corrected chi connectivity index (χ1v) is 7.36. The maximum absolute atomic E-state index is 13.0. The van der Waals surface area contributed by atoms with Gasteiger partial charge >= 0.3 is 0 Å². The first kappa shape index (κ1) is 18.5. The summed E-state index contributed by atoms with van der Waals surface area (Å²) < 4.78 is 35.9. The third-order valence-corrected chi connectivity index (χ3v) is 3.08. The second kappa shape index (κ2) is 8.84. The number of hydrazine groups is 1. The Morgan fingerprint density at radius 1 is 0.880 bits per heavy atom. The summed E-state index contributed by atoms with van der Waals surface area (Å²) in [7, 11) is 0. The van der Waals surface area contributed by atoms with Crippen LogP contribution in [0.2, 0.25) is 5.02 Å². The van der Waals surface area contributed by atoms with E-state index in [0.29, 0.717) is 5.75 Å². The van der Waals surface area contributed by atoms with Gasteiger partial charge in [-0.25, -0.2) is 8.78 Å². The number of carbonyl (C=O) groups is 2. The van der Waals surface area contributed by atoms with E-state index in [0.717, 1.165) is 6.07 Å². The van der Waals surface area contributed by atoms with Crippen molar-refractivity contribution in [3.63, 3.8) is 0 Å². The summed E-state index contributed by atoms with van der Waals surface area (Å²) in [5.41, 5.74) is 4.23. The summed E-state index contributed by atoms with van der Waals surface area (Å²) in [6.45, 7) is -0.790. The fourth-order valence-corrected chi connectivity index (χ4v) is 1.78. The van der Waals surface area contributed by atoms with Gasteiger partial charge in [0, 0.05) is 6.07 Å². The number of carbonyl (C=O) groups excluding carboxylic acids is 2. The third kappa shape index (κ3) is 6.27. The van der Waals surface area contributed by atoms with Crippen LogP contribution in [0.3, 0.4) is 0 Å². The van der Waals surface area contributed by atoms with Crippen molar-refractivity contribution in [1.29, 1.82) is 0 Å². The molecular formula is C16H13ClF2N2O4. The Hall–Kier alpha value is -2.87. The van der Waals surface area contributed by atoms with Crippen molar-refractivity contribution in [3.8, 4) is 11.5 Å². The van der Waals surface area contributed by atoms with Gasteiger partial charge in [0.2, 0.25) is 0 Å². The Balaban J connectivity index is 1.67. The molecule has 0 aliphatic carbocycles. The maximum atomic E-state index is 13.0. The van der Waals surface area contributed by atoms with Crippen LogP contribution in [0.25, 0.3) is 0 Å². The van der Waals surface area contributed by atoms with Crippen LogP contribution in [0.5, 0.6) is 11.5 Å². The lowest BCUT2D eigenvalue weighted by Crippen LogP contribution is -2.45. The first-order valence-electron chi connectivity index (χ1n) is 6.98. The van der Waals surface area contributed by atoms with E-state index in [1.165, 1.54) is 36.4 Å². The van der Waals surface area contributed by atoms with E-state index in [1.807, 2.05) is 0 Å². The molecule has 0 aliphatic rings. The number of hydrogen-bond acceptors (Lipinski definition) is 4. The molecule has 25 heavy (non-hydrogen) atoms. The minimum Gasteiger partial charge on any atom is -0.484 e. The fraction of sp³-hybridized carbons (Fsp3) is 0.125. The molecule has 2 N–H and O–H groups in total. The van der Waals surface area contributed by atoms with Crippen LogP contribution in [0.1, 0.15) is 0 Å². The highest BCUT2D eigenvalue weighted by Crippen LogP contribution is 2.20. The first-order chi connectivity index (χ1) is 11.9. The smallest absolute Gasteiger partial charge is 0.276 e. The molecule has 2 amide bonds. The van der Waals surface area contributed by atoms with Gasteiger partial charge in [-0.15, -0.1) is 0 Å². The van der Waals surface area contributed by atoms with E-state index < -0.39 is 30.1 Å². The molecule has 0 heterocycles. The Kier molecular flexibility index (Phi) is 6.53. The quantitative estimate of drug-likeness (QED) is 0.764. The molecule has 132 valence electrons. The molecule has 0 fully saturated rings. The zero-order chi connectivity index (χ0) is 18.2. The van der Waals surface area contributed by atoms with E-state index in [-0.39, 0.29) is 17.4 Å². The van der Waals surface area contributed by atoms with Crippen molar-refractivity contribution in [3.05, 3.63) is 59.1 Å². The van der Waals surface area contributed by atoms with Gasteiger partial charge in [0.1, 0.15) is 23.1 Å². The molecule has 2 rings (SSSR count). The molecular weight excluding hydrogens is 358 g/mol. The highest BCUT2D eigenvalue weighted by Gasteiger charge is 2.08. The van der Waals surface area contributed by atoms with Crippen molar-refractivity contribution >= 4 is 23.4 Å². The topological polar surface area (TPSA) is 76.7 Å². The highest BCUT2D eigenvalue weighted by atomic mass is 35.5. The number of nitrogens with one attached hydrogen (secondary N) is 2. The molecule has 2 aromatic rings. The standard InChI is InChI=1S/C16H13ClF2N2O4/c17-13-7-12(5-6-14(13)19)25-9-16(23)21-20-15(22)8-24-11-3-1-10(18)2-4-11/h1-7H,8-9H2,(H,20,22)(H,21,23). The maximum Gasteiger partial charge on any atom is 0.276 e. The number of hydrogen-bond donors (Lipinski definition) is 2. The lowest BCUT2D eigenvalue weighted by Gasteiger charge is -2.10. The van der Waals surface area contributed by atoms with Gasteiger partial charge in [0.15, 0.2) is 13.2 Å². The molecule has 0 aromatic heterocycles. The number of benzene rings is 2. The Morgan fingerprint density at radius 3 is 1.96 bits per heavy atom. The number of amides is 2. The van der Waals surface area contributed by atoms with Crippen LogP contribution in [0.15, 0.2) is 42.5 Å². The third-order valence-electron chi connectivity index (χ3n) is 2.79. The molecule has 0 unspecified atom stereocenters. The van der Waals surface area contributed by atoms with E-state index in [1.54, 1.807) is 0 Å². The van der Waals surface area contributed by atoms with Gasteiger partial charge in [0.05, 0.1) is 5.02 Å². The number of halogens is 3. The van der Waals surface area contributed by atoms with E-state index in [2.05, 4.69) is 10.9 Å². The molecule has 0 saturated heterocycles. The Labute approximate surface area is 146 Å². The number of rotatable bonds is 6. The number of ether oxygens (including phenoxy) is 2. The van der Waals surface area contributed by atoms with Gasteiger partial charge in [-0.1, -0.05) is 11.6 Å². The largest absolute Gasteiger partial charge is 0.484 e. The normalized spacial score (nSPS) is 10.0. The van der Waals surface area contributed by atoms with E-state index >= 15 is 0 Å². The summed E-state index contributed by atoms with van der Waals surface area (Å²) in [6.07, 6.45) is 0. The lowest BCUT2D eigenvalue weighted by atomic mass is 10.3. The Bertz CT molecular complexity index is 756. The van der Waals surface area contributed by atoms with Crippen molar-refractivity contribution in [2.45, 2.75) is 0 Å². The minimum absolute atomic E-state index is 0.135. The van der Waals surface area contributed by atoms with Crippen molar-refractivity contribution < 1.29 is 27.8 Å². The molecule has 0 bridgehead atoms. The van der Waals surface area contributed by atoms with Gasteiger partial charge in [-0.3, -0.25) is 20.4 Å². The highest BCUT2D eigenvalue weighted by molar-refractivity contribution is 6.30. The van der Waals surface area contributed by atoms with E-state index in [4.69, 9.17) is 21.1 Å². The van der Waals surface area contributed by atoms with Crippen molar-refractivity contribution in [2.75, 3.05) is 13.2 Å². The second-order valence-corrected chi connectivity index (χ2v) is 5.11. The predicted octanol–water partition coefficient (Wildman–Crippen LogP) is 2.22. The van der Waals surface area contributed by atoms with Crippen LogP contribution in [0, 0.1) is 11.6 Å². The van der Waals surface area contributed by atoms with Gasteiger partial charge in [-0.05, 0) is 36.4 Å². The lowest BCUT2D eigenvalue weighted by molar-refractivity contribution is -0.131.